The summed E-state index contributed by atoms with van der Waals surface area (Å²) >= 11 is 0. The molecule has 6 nitrogen and oxygen atoms in total. The highest BCUT2D eigenvalue weighted by atomic mass is 16.5. The largest absolute Gasteiger partial charge is 0.501 e. The fraction of sp³-hybridized carbons (Fsp3) is 0.643. The van der Waals surface area contributed by atoms with E-state index in [1.54, 1.807) is 6.92 Å². The van der Waals surface area contributed by atoms with Crippen molar-refractivity contribution >= 4 is 5.97 Å². The Bertz CT molecular complexity index is 614. The average molecular weight is 278 g/mol. The van der Waals surface area contributed by atoms with Crippen LogP contribution in [0.25, 0.3) is 0 Å². The Labute approximate surface area is 116 Å². The number of aromatic hydroxyl groups is 1. The molecule has 0 amide bonds. The summed E-state index contributed by atoms with van der Waals surface area (Å²) in [5, 5.41) is 9.89. The standard InChI is InChI=1S/C14H18N2O4/c1-2-20-12(19)9-10(17)11(18)16-8-7-14(13(16)15-9)5-3-4-6-14/h17H,2-8H2,1H3. The van der Waals surface area contributed by atoms with E-state index in [0.29, 0.717) is 12.4 Å². The zero-order chi connectivity index (χ0) is 14.3. The molecule has 0 radical (unpaired) electrons. The van der Waals surface area contributed by atoms with Gasteiger partial charge < -0.3 is 9.84 Å². The van der Waals surface area contributed by atoms with Crippen LogP contribution >= 0.6 is 0 Å². The van der Waals surface area contributed by atoms with Crippen LogP contribution in [-0.4, -0.2) is 27.2 Å². The van der Waals surface area contributed by atoms with Gasteiger partial charge in [-0.1, -0.05) is 12.8 Å². The van der Waals surface area contributed by atoms with Crippen LogP contribution < -0.4 is 5.56 Å². The second-order valence-electron chi connectivity index (χ2n) is 5.55. The molecule has 6 heteroatoms. The fourth-order valence-electron chi connectivity index (χ4n) is 3.46. The lowest BCUT2D eigenvalue weighted by Crippen LogP contribution is -2.29. The molecule has 1 fully saturated rings. The van der Waals surface area contributed by atoms with Gasteiger partial charge in [0.1, 0.15) is 5.82 Å². The van der Waals surface area contributed by atoms with E-state index in [9.17, 15) is 14.7 Å². The zero-order valence-electron chi connectivity index (χ0n) is 11.5. The number of esters is 1. The van der Waals surface area contributed by atoms with Crippen molar-refractivity contribution in [1.29, 1.82) is 0 Å². The molecule has 0 aromatic carbocycles. The topological polar surface area (TPSA) is 81.4 Å². The van der Waals surface area contributed by atoms with Gasteiger partial charge in [-0.2, -0.15) is 0 Å². The molecule has 1 N–H and O–H groups in total. The number of carbonyl (C=O) groups excluding carboxylic acids is 1. The minimum absolute atomic E-state index is 0.0892. The van der Waals surface area contributed by atoms with Crippen LogP contribution in [0, 0.1) is 0 Å². The maximum absolute atomic E-state index is 12.2. The Morgan fingerprint density at radius 2 is 2.10 bits per heavy atom. The van der Waals surface area contributed by atoms with Crippen LogP contribution in [0.2, 0.25) is 0 Å². The van der Waals surface area contributed by atoms with Crippen LogP contribution in [0.15, 0.2) is 4.79 Å². The minimum Gasteiger partial charge on any atom is -0.501 e. The summed E-state index contributed by atoms with van der Waals surface area (Å²) in [7, 11) is 0. The van der Waals surface area contributed by atoms with Crippen molar-refractivity contribution in [3.05, 3.63) is 21.9 Å². The van der Waals surface area contributed by atoms with Gasteiger partial charge in [0.2, 0.25) is 5.75 Å². The molecule has 1 spiro atoms. The first-order valence-electron chi connectivity index (χ1n) is 7.10. The molecular formula is C14H18N2O4. The SMILES string of the molecule is CCOC(=O)c1nc2n(c(=O)c1O)CCC21CCCC1. The molecule has 0 unspecified atom stereocenters. The minimum atomic E-state index is -0.731. The lowest BCUT2D eigenvalue weighted by molar-refractivity contribution is 0.0514. The van der Waals surface area contributed by atoms with Gasteiger partial charge in [0, 0.05) is 12.0 Å². The average Bonchev–Trinajstić information content (AvgIpc) is 3.03. The van der Waals surface area contributed by atoms with Crippen LogP contribution in [0.4, 0.5) is 0 Å². The highest BCUT2D eigenvalue weighted by molar-refractivity contribution is 5.90. The van der Waals surface area contributed by atoms with Crippen molar-refractivity contribution < 1.29 is 14.6 Å². The first-order valence-corrected chi connectivity index (χ1v) is 7.10. The van der Waals surface area contributed by atoms with E-state index in [1.807, 2.05) is 0 Å². The first-order chi connectivity index (χ1) is 9.59. The molecule has 0 bridgehead atoms. The molecule has 20 heavy (non-hydrogen) atoms. The fourth-order valence-corrected chi connectivity index (χ4v) is 3.46. The Hall–Kier alpha value is -1.85. The number of ether oxygens (including phenoxy) is 1. The lowest BCUT2D eigenvalue weighted by Gasteiger charge is -2.22. The molecule has 0 atom stereocenters. The van der Waals surface area contributed by atoms with Crippen molar-refractivity contribution in [1.82, 2.24) is 9.55 Å². The molecule has 0 saturated heterocycles. The normalized spacial score (nSPS) is 19.2. The first kappa shape index (κ1) is 13.1. The van der Waals surface area contributed by atoms with Gasteiger partial charge >= 0.3 is 5.97 Å². The number of fused-ring (bicyclic) bond motifs is 2. The van der Waals surface area contributed by atoms with Crippen molar-refractivity contribution in [3.8, 4) is 5.75 Å². The Kier molecular flexibility index (Phi) is 3.03. The number of rotatable bonds is 2. The molecule has 1 aliphatic heterocycles. The Morgan fingerprint density at radius 1 is 1.40 bits per heavy atom. The maximum atomic E-state index is 12.2. The molecule has 2 heterocycles. The van der Waals surface area contributed by atoms with E-state index in [1.165, 1.54) is 4.57 Å². The van der Waals surface area contributed by atoms with E-state index in [0.717, 1.165) is 32.1 Å². The third kappa shape index (κ3) is 1.74. The number of aromatic nitrogens is 2. The Morgan fingerprint density at radius 3 is 2.75 bits per heavy atom. The molecule has 3 rings (SSSR count). The van der Waals surface area contributed by atoms with Crippen molar-refractivity contribution in [2.45, 2.75) is 51.0 Å². The number of carbonyl (C=O) groups is 1. The lowest BCUT2D eigenvalue weighted by atomic mass is 9.84. The van der Waals surface area contributed by atoms with Crippen molar-refractivity contribution in [2.75, 3.05) is 6.61 Å². The summed E-state index contributed by atoms with van der Waals surface area (Å²) in [6.45, 7) is 2.43. The predicted molar refractivity (Wildman–Crippen MR) is 70.9 cm³/mol. The van der Waals surface area contributed by atoms with E-state index < -0.39 is 17.3 Å². The van der Waals surface area contributed by atoms with Gasteiger partial charge in [-0.3, -0.25) is 9.36 Å². The van der Waals surface area contributed by atoms with Crippen molar-refractivity contribution in [3.63, 3.8) is 0 Å². The van der Waals surface area contributed by atoms with Gasteiger partial charge in [0.15, 0.2) is 5.69 Å². The predicted octanol–water partition coefficient (Wildman–Crippen LogP) is 1.34. The van der Waals surface area contributed by atoms with Gasteiger partial charge in [-0.15, -0.1) is 0 Å². The van der Waals surface area contributed by atoms with Crippen LogP contribution in [0.5, 0.6) is 5.75 Å². The molecule has 1 aromatic heterocycles. The van der Waals surface area contributed by atoms with Gasteiger partial charge in [-0.25, -0.2) is 9.78 Å². The quantitative estimate of drug-likeness (QED) is 0.826. The van der Waals surface area contributed by atoms with E-state index >= 15 is 0 Å². The third-order valence-electron chi connectivity index (χ3n) is 4.46. The summed E-state index contributed by atoms with van der Waals surface area (Å²) in [5.41, 5.74) is -0.855. The Balaban J connectivity index is 2.14. The van der Waals surface area contributed by atoms with Crippen molar-refractivity contribution in [2.24, 2.45) is 0 Å². The van der Waals surface area contributed by atoms with E-state index in [2.05, 4.69) is 4.98 Å². The van der Waals surface area contributed by atoms with Crippen LogP contribution in [-0.2, 0) is 16.7 Å². The highest BCUT2D eigenvalue weighted by Crippen LogP contribution is 2.46. The third-order valence-corrected chi connectivity index (χ3v) is 4.46. The maximum Gasteiger partial charge on any atom is 0.361 e. The van der Waals surface area contributed by atoms with Crippen LogP contribution in [0.3, 0.4) is 0 Å². The number of hydrogen-bond acceptors (Lipinski definition) is 5. The second kappa shape index (κ2) is 4.61. The van der Waals surface area contributed by atoms with Gasteiger partial charge in [0.25, 0.3) is 5.56 Å². The van der Waals surface area contributed by atoms with Gasteiger partial charge in [-0.05, 0) is 26.2 Å². The van der Waals surface area contributed by atoms with E-state index in [4.69, 9.17) is 4.74 Å². The number of nitrogens with zero attached hydrogens (tertiary/aromatic N) is 2. The molecule has 108 valence electrons. The molecule has 1 saturated carbocycles. The highest BCUT2D eigenvalue weighted by Gasteiger charge is 2.44. The molecule has 2 aliphatic rings. The smallest absolute Gasteiger partial charge is 0.361 e. The summed E-state index contributed by atoms with van der Waals surface area (Å²) in [6, 6.07) is 0. The van der Waals surface area contributed by atoms with E-state index in [-0.39, 0.29) is 17.7 Å². The molecular weight excluding hydrogens is 260 g/mol. The summed E-state index contributed by atoms with van der Waals surface area (Å²) in [4.78, 5) is 28.3. The van der Waals surface area contributed by atoms with Crippen LogP contribution in [0.1, 0.15) is 55.3 Å². The molecule has 1 aromatic rings. The molecule has 1 aliphatic carbocycles. The zero-order valence-corrected chi connectivity index (χ0v) is 11.5. The van der Waals surface area contributed by atoms with Gasteiger partial charge in [0.05, 0.1) is 6.61 Å². The summed E-state index contributed by atoms with van der Waals surface area (Å²) in [5.74, 6) is -0.673. The second-order valence-corrected chi connectivity index (χ2v) is 5.55. The number of hydrogen-bond donors (Lipinski definition) is 1. The summed E-state index contributed by atoms with van der Waals surface area (Å²) in [6.07, 6.45) is 5.08. The summed E-state index contributed by atoms with van der Waals surface area (Å²) < 4.78 is 6.38. The monoisotopic (exact) mass is 278 g/mol.